The standard InChI is InChI=1S/C42H55NO5SSi/c1-9-18-40(48-50(7,8)47-39(10-2)36(25-29(3)4)41(44)49-28-31-19-12-11-13-20-31)38(26-30(5)6)43-42(45)46-27-37-34-23-16-14-21-32(34)33-22-15-17-24-35(33)37/h9-17,19-24,29-30,36-40H,1-2,18,25-28H2,3-8H3,(H,43,45)/t36-,38+,39-,40+/m1/s1. The molecule has 0 unspecified atom stereocenters. The van der Waals surface area contributed by atoms with Gasteiger partial charge >= 0.3 is 14.7 Å². The fourth-order valence-corrected chi connectivity index (χ4v) is 9.69. The van der Waals surface area contributed by atoms with Crippen molar-refractivity contribution in [2.24, 2.45) is 17.8 Å². The van der Waals surface area contributed by atoms with Gasteiger partial charge < -0.3 is 18.9 Å². The summed E-state index contributed by atoms with van der Waals surface area (Å²) in [6.45, 7) is 20.8. The topological polar surface area (TPSA) is 73.9 Å². The largest absolute Gasteiger partial charge is 0.449 e. The van der Waals surface area contributed by atoms with Crippen molar-refractivity contribution in [2.45, 2.75) is 90.0 Å². The number of benzene rings is 3. The molecule has 0 aromatic heterocycles. The first kappa shape index (κ1) is 39.4. The summed E-state index contributed by atoms with van der Waals surface area (Å²) in [4.78, 5) is 27.1. The zero-order valence-corrected chi connectivity index (χ0v) is 32.4. The smallest absolute Gasteiger partial charge is 0.407 e. The highest BCUT2D eigenvalue weighted by Crippen LogP contribution is 2.44. The second-order valence-electron chi connectivity index (χ2n) is 14.4. The molecule has 0 spiro atoms. The summed E-state index contributed by atoms with van der Waals surface area (Å²) in [5.74, 6) is 0.795. The number of nitrogens with one attached hydrogen (secondary N) is 1. The maximum atomic E-state index is 13.6. The number of hydrogen-bond donors (Lipinski definition) is 1. The molecule has 1 aliphatic carbocycles. The first-order valence-electron chi connectivity index (χ1n) is 17.8. The molecule has 0 aliphatic heterocycles. The highest BCUT2D eigenvalue weighted by atomic mass is 32.2. The summed E-state index contributed by atoms with van der Waals surface area (Å²) in [6, 6.07) is 26.3. The van der Waals surface area contributed by atoms with E-state index in [1.165, 1.54) is 34.0 Å². The fraction of sp³-hybridized carbons (Fsp3) is 0.429. The minimum Gasteiger partial charge on any atom is -0.449 e. The van der Waals surface area contributed by atoms with Crippen molar-refractivity contribution in [3.05, 3.63) is 121 Å². The summed E-state index contributed by atoms with van der Waals surface area (Å²) < 4.78 is 19.5. The third-order valence-corrected chi connectivity index (χ3v) is 11.7. The average Bonchev–Trinajstić information content (AvgIpc) is 3.41. The minimum atomic E-state index is -2.89. The molecule has 0 saturated heterocycles. The number of thioether (sulfide) groups is 1. The summed E-state index contributed by atoms with van der Waals surface area (Å²) in [7, 11) is -2.89. The molecule has 6 nitrogen and oxygen atoms in total. The fourth-order valence-electron chi connectivity index (χ4n) is 6.78. The van der Waals surface area contributed by atoms with E-state index in [1.807, 2.05) is 73.8 Å². The molecule has 0 fully saturated rings. The van der Waals surface area contributed by atoms with E-state index < -0.39 is 26.9 Å². The Hall–Kier alpha value is -3.43. The second kappa shape index (κ2) is 18.7. The van der Waals surface area contributed by atoms with Crippen LogP contribution in [0.5, 0.6) is 0 Å². The molecule has 8 heteroatoms. The van der Waals surface area contributed by atoms with Crippen molar-refractivity contribution in [1.29, 1.82) is 0 Å². The minimum absolute atomic E-state index is 0.0279. The van der Waals surface area contributed by atoms with Crippen molar-refractivity contribution < 1.29 is 23.2 Å². The number of carbonyl (C=O) groups excluding carboxylic acids is 2. The second-order valence-corrected chi connectivity index (χ2v) is 18.7. The van der Waals surface area contributed by atoms with Gasteiger partial charge in [-0.1, -0.05) is 130 Å². The number of rotatable bonds is 19. The number of alkyl carbamates (subject to hydrolysis) is 1. The van der Waals surface area contributed by atoms with Crippen molar-refractivity contribution >= 4 is 31.5 Å². The van der Waals surface area contributed by atoms with E-state index in [4.69, 9.17) is 13.6 Å². The zero-order chi connectivity index (χ0) is 36.3. The lowest BCUT2D eigenvalue weighted by Crippen LogP contribution is -2.52. The number of ether oxygens (including phenoxy) is 1. The van der Waals surface area contributed by atoms with E-state index in [0.717, 1.165) is 5.56 Å². The predicted molar refractivity (Wildman–Crippen MR) is 209 cm³/mol. The van der Waals surface area contributed by atoms with Gasteiger partial charge in [-0.2, -0.15) is 0 Å². The van der Waals surface area contributed by atoms with E-state index in [0.29, 0.717) is 30.9 Å². The molecule has 268 valence electrons. The lowest BCUT2D eigenvalue weighted by molar-refractivity contribution is -0.117. The Morgan fingerprint density at radius 3 is 1.98 bits per heavy atom. The summed E-state index contributed by atoms with van der Waals surface area (Å²) in [5.41, 5.74) is 5.82. The highest BCUT2D eigenvalue weighted by molar-refractivity contribution is 8.13. The molecule has 1 aliphatic rings. The first-order chi connectivity index (χ1) is 23.9. The van der Waals surface area contributed by atoms with Crippen LogP contribution in [0.1, 0.15) is 69.6 Å². The van der Waals surface area contributed by atoms with Gasteiger partial charge in [-0.05, 0) is 72.0 Å². The lowest BCUT2D eigenvalue weighted by Gasteiger charge is -2.37. The third kappa shape index (κ3) is 11.0. The van der Waals surface area contributed by atoms with E-state index in [-0.39, 0.29) is 35.5 Å². The zero-order valence-electron chi connectivity index (χ0n) is 30.6. The molecule has 3 aromatic carbocycles. The Balaban J connectivity index is 1.44. The maximum absolute atomic E-state index is 13.6. The van der Waals surface area contributed by atoms with Gasteiger partial charge in [-0.15, -0.1) is 13.2 Å². The van der Waals surface area contributed by atoms with Gasteiger partial charge in [0.2, 0.25) is 0 Å². The van der Waals surface area contributed by atoms with Gasteiger partial charge in [0.05, 0.1) is 24.2 Å². The average molecular weight is 714 g/mol. The number of fused-ring (bicyclic) bond motifs is 3. The van der Waals surface area contributed by atoms with E-state index in [2.05, 4.69) is 70.4 Å². The van der Waals surface area contributed by atoms with Crippen LogP contribution in [0.2, 0.25) is 13.1 Å². The first-order valence-corrected chi connectivity index (χ1v) is 21.6. The molecule has 0 saturated carbocycles. The van der Waals surface area contributed by atoms with E-state index >= 15 is 0 Å². The Morgan fingerprint density at radius 1 is 0.840 bits per heavy atom. The molecule has 1 amide bonds. The quantitative estimate of drug-likeness (QED) is 0.0985. The number of hydrogen-bond acceptors (Lipinski definition) is 6. The van der Waals surface area contributed by atoms with Crippen LogP contribution >= 0.6 is 11.8 Å². The highest BCUT2D eigenvalue weighted by Gasteiger charge is 2.39. The molecule has 3 aromatic rings. The van der Waals surface area contributed by atoms with Crippen molar-refractivity contribution in [2.75, 3.05) is 6.61 Å². The third-order valence-electron chi connectivity index (χ3n) is 8.96. The Labute approximate surface area is 305 Å². The number of amides is 1. The Morgan fingerprint density at radius 2 is 1.42 bits per heavy atom. The van der Waals surface area contributed by atoms with Gasteiger partial charge in [0.1, 0.15) is 6.61 Å². The summed E-state index contributed by atoms with van der Waals surface area (Å²) >= 11 is 1.33. The van der Waals surface area contributed by atoms with Gasteiger partial charge in [-0.3, -0.25) is 4.79 Å². The SMILES string of the molecule is C=CC[C@H](O[Si](C)(C)O[C@H](C=C)[C@@H](CC(C)C)C(=O)SCc1ccccc1)[C@H](CC(C)C)NC(=O)OCC1c2ccccc2-c2ccccc21. The van der Waals surface area contributed by atoms with E-state index in [9.17, 15) is 9.59 Å². The maximum Gasteiger partial charge on any atom is 0.407 e. The van der Waals surface area contributed by atoms with Crippen molar-refractivity contribution in [3.8, 4) is 11.1 Å². The molecule has 50 heavy (non-hydrogen) atoms. The van der Waals surface area contributed by atoms with Crippen LogP contribution in [0.25, 0.3) is 11.1 Å². The van der Waals surface area contributed by atoms with Gasteiger partial charge in [0.15, 0.2) is 5.12 Å². The molecular formula is C42H55NO5SSi. The van der Waals surface area contributed by atoms with Gasteiger partial charge in [0, 0.05) is 11.7 Å². The van der Waals surface area contributed by atoms with Crippen LogP contribution in [-0.2, 0) is 24.1 Å². The molecule has 1 N–H and O–H groups in total. The molecule has 4 atom stereocenters. The monoisotopic (exact) mass is 713 g/mol. The van der Waals surface area contributed by atoms with Crippen LogP contribution in [0, 0.1) is 17.8 Å². The molecule has 0 radical (unpaired) electrons. The van der Waals surface area contributed by atoms with Crippen LogP contribution in [0.15, 0.2) is 104 Å². The normalized spacial score (nSPS) is 15.1. The van der Waals surface area contributed by atoms with Crippen LogP contribution in [-0.4, -0.2) is 44.6 Å². The Kier molecular flexibility index (Phi) is 14.7. The van der Waals surface area contributed by atoms with Crippen LogP contribution in [0.4, 0.5) is 4.79 Å². The molecular weight excluding hydrogens is 659 g/mol. The predicted octanol–water partition coefficient (Wildman–Crippen LogP) is 10.3. The van der Waals surface area contributed by atoms with Gasteiger partial charge in [0.25, 0.3) is 0 Å². The molecule has 0 bridgehead atoms. The van der Waals surface area contributed by atoms with Crippen molar-refractivity contribution in [3.63, 3.8) is 0 Å². The molecule has 0 heterocycles. The van der Waals surface area contributed by atoms with Crippen LogP contribution in [0.3, 0.4) is 0 Å². The summed E-state index contributed by atoms with van der Waals surface area (Å²) in [5, 5.41) is 3.24. The van der Waals surface area contributed by atoms with Crippen molar-refractivity contribution in [1.82, 2.24) is 5.32 Å². The van der Waals surface area contributed by atoms with E-state index in [1.54, 1.807) is 6.08 Å². The summed E-state index contributed by atoms with van der Waals surface area (Å²) in [6.07, 6.45) is 4.07. The Bertz CT molecular complexity index is 1530. The van der Waals surface area contributed by atoms with Crippen LogP contribution < -0.4 is 5.32 Å². The number of carbonyl (C=O) groups is 2. The molecule has 4 rings (SSSR count). The van der Waals surface area contributed by atoms with Gasteiger partial charge in [-0.25, -0.2) is 4.79 Å². The lowest BCUT2D eigenvalue weighted by atomic mass is 9.93.